The second-order valence-corrected chi connectivity index (χ2v) is 6.21. The second-order valence-electron chi connectivity index (χ2n) is 6.21. The number of nitrogens with one attached hydrogen (secondary N) is 1. The molecule has 2 rings (SSSR count). The van der Waals surface area contributed by atoms with Crippen LogP contribution in [0.5, 0.6) is 0 Å². The highest BCUT2D eigenvalue weighted by Crippen LogP contribution is 2.24. The molecule has 4 heteroatoms. The third-order valence-electron chi connectivity index (χ3n) is 4.52. The summed E-state index contributed by atoms with van der Waals surface area (Å²) in [5, 5.41) is 12.0. The van der Waals surface area contributed by atoms with Crippen LogP contribution in [-0.4, -0.2) is 17.0 Å². The lowest BCUT2D eigenvalue weighted by atomic mass is 9.90. The summed E-state index contributed by atoms with van der Waals surface area (Å²) in [6.07, 6.45) is 7.95. The van der Waals surface area contributed by atoms with E-state index in [4.69, 9.17) is 5.11 Å². The predicted octanol–water partition coefficient (Wildman–Crippen LogP) is 4.17. The first-order valence-electron chi connectivity index (χ1n) is 8.21. The van der Waals surface area contributed by atoms with Crippen molar-refractivity contribution in [2.45, 2.75) is 57.8 Å². The van der Waals surface area contributed by atoms with Crippen LogP contribution in [0.4, 0.5) is 5.69 Å². The standard InChI is InChI=1S/C18H25NO3/c1-13(18(21)22)14-9-11-16(12-10-14)19-17(20)15-7-5-3-2-4-6-8-15/h9-13,15H,2-8H2,1H3,(H,19,20)(H,21,22). The van der Waals surface area contributed by atoms with Crippen LogP contribution >= 0.6 is 0 Å². The van der Waals surface area contributed by atoms with Gasteiger partial charge in [-0.05, 0) is 37.5 Å². The summed E-state index contributed by atoms with van der Waals surface area (Å²) in [4.78, 5) is 23.3. The van der Waals surface area contributed by atoms with Crippen molar-refractivity contribution in [3.05, 3.63) is 29.8 Å². The summed E-state index contributed by atoms with van der Waals surface area (Å²) >= 11 is 0. The molecule has 1 saturated carbocycles. The van der Waals surface area contributed by atoms with Crippen molar-refractivity contribution >= 4 is 17.6 Å². The summed E-state index contributed by atoms with van der Waals surface area (Å²) in [7, 11) is 0. The Morgan fingerprint density at radius 1 is 1.05 bits per heavy atom. The maximum Gasteiger partial charge on any atom is 0.310 e. The molecule has 1 atom stereocenters. The highest BCUT2D eigenvalue weighted by molar-refractivity contribution is 5.92. The minimum absolute atomic E-state index is 0.0981. The zero-order chi connectivity index (χ0) is 15.9. The van der Waals surface area contributed by atoms with Gasteiger partial charge in [0.2, 0.25) is 5.91 Å². The predicted molar refractivity (Wildman–Crippen MR) is 86.9 cm³/mol. The van der Waals surface area contributed by atoms with Crippen molar-refractivity contribution in [1.82, 2.24) is 0 Å². The molecule has 4 nitrogen and oxygen atoms in total. The molecule has 0 heterocycles. The van der Waals surface area contributed by atoms with Gasteiger partial charge in [-0.25, -0.2) is 0 Å². The lowest BCUT2D eigenvalue weighted by Crippen LogP contribution is -2.23. The summed E-state index contributed by atoms with van der Waals surface area (Å²) in [6, 6.07) is 7.12. The monoisotopic (exact) mass is 303 g/mol. The molecule has 0 spiro atoms. The molecule has 1 aromatic carbocycles. The van der Waals surface area contributed by atoms with Gasteiger partial charge in [-0.2, -0.15) is 0 Å². The van der Waals surface area contributed by atoms with Crippen LogP contribution in [0.25, 0.3) is 0 Å². The normalized spacial score (nSPS) is 18.0. The SMILES string of the molecule is CC(C(=O)O)c1ccc(NC(=O)C2CCCCCCC2)cc1. The second kappa shape index (κ2) is 7.97. The molecular formula is C18H25NO3. The minimum Gasteiger partial charge on any atom is -0.481 e. The zero-order valence-corrected chi connectivity index (χ0v) is 13.2. The van der Waals surface area contributed by atoms with Crippen molar-refractivity contribution in [3.63, 3.8) is 0 Å². The molecule has 0 saturated heterocycles. The first-order chi connectivity index (χ1) is 10.6. The lowest BCUT2D eigenvalue weighted by Gasteiger charge is -2.19. The van der Waals surface area contributed by atoms with Crippen LogP contribution in [0.15, 0.2) is 24.3 Å². The molecule has 1 aromatic rings. The summed E-state index contributed by atoms with van der Waals surface area (Å²) in [5.41, 5.74) is 1.49. The van der Waals surface area contributed by atoms with Crippen LogP contribution in [-0.2, 0) is 9.59 Å². The van der Waals surface area contributed by atoms with Gasteiger partial charge in [-0.15, -0.1) is 0 Å². The van der Waals surface area contributed by atoms with E-state index in [1.807, 2.05) is 0 Å². The molecule has 0 aromatic heterocycles. The van der Waals surface area contributed by atoms with E-state index >= 15 is 0 Å². The van der Waals surface area contributed by atoms with Crippen molar-refractivity contribution in [3.8, 4) is 0 Å². The van der Waals surface area contributed by atoms with E-state index in [1.165, 1.54) is 19.3 Å². The fourth-order valence-corrected chi connectivity index (χ4v) is 2.96. The maximum atomic E-state index is 12.4. The van der Waals surface area contributed by atoms with E-state index in [1.54, 1.807) is 31.2 Å². The van der Waals surface area contributed by atoms with Crippen LogP contribution < -0.4 is 5.32 Å². The smallest absolute Gasteiger partial charge is 0.310 e. The van der Waals surface area contributed by atoms with Gasteiger partial charge in [0.15, 0.2) is 0 Å². The van der Waals surface area contributed by atoms with Crippen LogP contribution in [0.1, 0.15) is 63.4 Å². The van der Waals surface area contributed by atoms with E-state index in [0.717, 1.165) is 36.9 Å². The molecule has 1 fully saturated rings. The molecule has 1 aliphatic rings. The Bertz CT molecular complexity index is 502. The number of hydrogen-bond acceptors (Lipinski definition) is 2. The first kappa shape index (κ1) is 16.5. The van der Waals surface area contributed by atoms with Crippen molar-refractivity contribution < 1.29 is 14.7 Å². The Balaban J connectivity index is 1.94. The fraction of sp³-hybridized carbons (Fsp3) is 0.556. The number of anilines is 1. The summed E-state index contributed by atoms with van der Waals surface area (Å²) in [6.45, 7) is 1.66. The van der Waals surface area contributed by atoms with E-state index in [-0.39, 0.29) is 11.8 Å². The molecule has 1 aliphatic carbocycles. The molecule has 0 bridgehead atoms. The first-order valence-corrected chi connectivity index (χ1v) is 8.21. The number of hydrogen-bond donors (Lipinski definition) is 2. The van der Waals surface area contributed by atoms with E-state index in [0.29, 0.717) is 0 Å². The van der Waals surface area contributed by atoms with E-state index < -0.39 is 11.9 Å². The minimum atomic E-state index is -0.841. The number of carboxylic acids is 1. The molecule has 2 N–H and O–H groups in total. The molecule has 1 amide bonds. The van der Waals surface area contributed by atoms with E-state index in [9.17, 15) is 9.59 Å². The van der Waals surface area contributed by atoms with Gasteiger partial charge < -0.3 is 10.4 Å². The largest absolute Gasteiger partial charge is 0.481 e. The Morgan fingerprint density at radius 3 is 2.14 bits per heavy atom. The number of carboxylic acid groups (broad SMARTS) is 1. The van der Waals surface area contributed by atoms with Gasteiger partial charge in [-0.1, -0.05) is 44.2 Å². The average molecular weight is 303 g/mol. The third-order valence-corrected chi connectivity index (χ3v) is 4.52. The quantitative estimate of drug-likeness (QED) is 0.877. The van der Waals surface area contributed by atoms with Gasteiger partial charge >= 0.3 is 5.97 Å². The number of carbonyl (C=O) groups is 2. The summed E-state index contributed by atoms with van der Waals surface area (Å²) < 4.78 is 0. The van der Waals surface area contributed by atoms with Gasteiger partial charge in [0.05, 0.1) is 5.92 Å². The highest BCUT2D eigenvalue weighted by Gasteiger charge is 2.19. The summed E-state index contributed by atoms with van der Waals surface area (Å²) in [5.74, 6) is -1.17. The van der Waals surface area contributed by atoms with Gasteiger partial charge in [0.1, 0.15) is 0 Å². The van der Waals surface area contributed by atoms with Crippen molar-refractivity contribution in [1.29, 1.82) is 0 Å². The Morgan fingerprint density at radius 2 is 1.59 bits per heavy atom. The zero-order valence-electron chi connectivity index (χ0n) is 13.2. The average Bonchev–Trinajstić information content (AvgIpc) is 2.46. The number of benzene rings is 1. The molecule has 0 aliphatic heterocycles. The van der Waals surface area contributed by atoms with Crippen LogP contribution in [0.3, 0.4) is 0 Å². The third kappa shape index (κ3) is 4.58. The van der Waals surface area contributed by atoms with Crippen molar-refractivity contribution in [2.24, 2.45) is 5.92 Å². The molecule has 0 radical (unpaired) electrons. The van der Waals surface area contributed by atoms with Gasteiger partial charge in [0.25, 0.3) is 0 Å². The molecule has 22 heavy (non-hydrogen) atoms. The molecular weight excluding hydrogens is 278 g/mol. The molecule has 120 valence electrons. The van der Waals surface area contributed by atoms with Crippen LogP contribution in [0, 0.1) is 5.92 Å². The van der Waals surface area contributed by atoms with Crippen molar-refractivity contribution in [2.75, 3.05) is 5.32 Å². The number of amides is 1. The fourth-order valence-electron chi connectivity index (χ4n) is 2.96. The Labute approximate surface area is 131 Å². The van der Waals surface area contributed by atoms with Gasteiger partial charge in [-0.3, -0.25) is 9.59 Å². The number of rotatable bonds is 4. The maximum absolute atomic E-state index is 12.4. The van der Waals surface area contributed by atoms with E-state index in [2.05, 4.69) is 5.32 Å². The Hall–Kier alpha value is -1.84. The molecule has 1 unspecified atom stereocenters. The topological polar surface area (TPSA) is 66.4 Å². The Kier molecular flexibility index (Phi) is 5.99. The lowest BCUT2D eigenvalue weighted by molar-refractivity contribution is -0.138. The van der Waals surface area contributed by atoms with Crippen LogP contribution in [0.2, 0.25) is 0 Å². The number of carbonyl (C=O) groups excluding carboxylic acids is 1. The van der Waals surface area contributed by atoms with Gasteiger partial charge in [0, 0.05) is 11.6 Å². The number of aliphatic carboxylic acids is 1. The highest BCUT2D eigenvalue weighted by atomic mass is 16.4.